The summed E-state index contributed by atoms with van der Waals surface area (Å²) < 4.78 is 6.00. The van der Waals surface area contributed by atoms with Gasteiger partial charge in [-0.2, -0.15) is 0 Å². The van der Waals surface area contributed by atoms with Crippen LogP contribution in [0.25, 0.3) is 0 Å². The summed E-state index contributed by atoms with van der Waals surface area (Å²) >= 11 is 0. The summed E-state index contributed by atoms with van der Waals surface area (Å²) in [6.07, 6.45) is 8.98. The van der Waals surface area contributed by atoms with E-state index in [1.165, 1.54) is 16.8 Å². The minimum atomic E-state index is -1.36. The standard InChI is InChI=1S/C14H18OSi/c1-2-15-16(13-9-5-3-6-10-13)14-11-7-4-8-12-14/h3-7,9-11,16H,2,8,12H2,1H3. The molecule has 0 saturated heterocycles. The van der Waals surface area contributed by atoms with Crippen LogP contribution in [0.15, 0.2) is 53.8 Å². The van der Waals surface area contributed by atoms with Crippen LogP contribution in [0.1, 0.15) is 19.8 Å². The van der Waals surface area contributed by atoms with Crippen LogP contribution in [0.4, 0.5) is 0 Å². The van der Waals surface area contributed by atoms with E-state index in [0.29, 0.717) is 0 Å². The monoisotopic (exact) mass is 230 g/mol. The van der Waals surface area contributed by atoms with Gasteiger partial charge < -0.3 is 4.43 Å². The highest BCUT2D eigenvalue weighted by Crippen LogP contribution is 2.15. The molecule has 1 aliphatic rings. The van der Waals surface area contributed by atoms with E-state index in [2.05, 4.69) is 55.5 Å². The third-order valence-electron chi connectivity index (χ3n) is 2.82. The first kappa shape index (κ1) is 11.4. The molecule has 1 unspecified atom stereocenters. The summed E-state index contributed by atoms with van der Waals surface area (Å²) in [4.78, 5) is 0. The van der Waals surface area contributed by atoms with E-state index in [1.807, 2.05) is 0 Å². The first-order chi connectivity index (χ1) is 7.92. The number of benzene rings is 1. The summed E-state index contributed by atoms with van der Waals surface area (Å²) in [6, 6.07) is 10.7. The fraction of sp³-hybridized carbons (Fsp3) is 0.286. The van der Waals surface area contributed by atoms with Crippen molar-refractivity contribution >= 4 is 14.2 Å². The largest absolute Gasteiger partial charge is 0.412 e. The predicted molar refractivity (Wildman–Crippen MR) is 71.3 cm³/mol. The highest BCUT2D eigenvalue weighted by molar-refractivity contribution is 6.74. The first-order valence-corrected chi connectivity index (χ1v) is 7.56. The van der Waals surface area contributed by atoms with Gasteiger partial charge in [0.25, 0.3) is 0 Å². The highest BCUT2D eigenvalue weighted by Gasteiger charge is 2.19. The van der Waals surface area contributed by atoms with Crippen molar-refractivity contribution < 1.29 is 4.43 Å². The summed E-state index contributed by atoms with van der Waals surface area (Å²) in [5, 5.41) is 2.92. The molecule has 0 bridgehead atoms. The minimum Gasteiger partial charge on any atom is -0.412 e. The molecule has 2 heteroatoms. The van der Waals surface area contributed by atoms with Crippen LogP contribution >= 0.6 is 0 Å². The summed E-state index contributed by atoms with van der Waals surface area (Å²) in [5.74, 6) is 0. The smallest absolute Gasteiger partial charge is 0.235 e. The maximum atomic E-state index is 6.00. The molecule has 0 N–H and O–H groups in total. The van der Waals surface area contributed by atoms with Gasteiger partial charge in [0, 0.05) is 6.61 Å². The predicted octanol–water partition coefficient (Wildman–Crippen LogP) is 2.47. The fourth-order valence-electron chi connectivity index (χ4n) is 2.05. The Labute approximate surface area is 99.2 Å². The van der Waals surface area contributed by atoms with Gasteiger partial charge in [0.05, 0.1) is 0 Å². The zero-order valence-corrected chi connectivity index (χ0v) is 10.9. The van der Waals surface area contributed by atoms with Crippen molar-refractivity contribution in [3.05, 3.63) is 53.8 Å². The third-order valence-corrected chi connectivity index (χ3v) is 5.63. The Bertz CT molecular complexity index is 381. The molecule has 1 aromatic rings. The van der Waals surface area contributed by atoms with Crippen molar-refractivity contribution in [2.24, 2.45) is 0 Å². The van der Waals surface area contributed by atoms with Crippen molar-refractivity contribution in [3.8, 4) is 0 Å². The maximum Gasteiger partial charge on any atom is 0.235 e. The lowest BCUT2D eigenvalue weighted by molar-refractivity contribution is 0.354. The van der Waals surface area contributed by atoms with Crippen molar-refractivity contribution in [1.29, 1.82) is 0 Å². The zero-order chi connectivity index (χ0) is 11.2. The van der Waals surface area contributed by atoms with Crippen LogP contribution in [0.2, 0.25) is 0 Å². The number of hydrogen-bond donors (Lipinski definition) is 0. The fourth-order valence-corrected chi connectivity index (χ4v) is 4.51. The molecule has 0 radical (unpaired) electrons. The lowest BCUT2D eigenvalue weighted by Gasteiger charge is -2.20. The number of rotatable bonds is 4. The average molecular weight is 230 g/mol. The van der Waals surface area contributed by atoms with Crippen molar-refractivity contribution in [2.45, 2.75) is 19.8 Å². The second kappa shape index (κ2) is 5.82. The van der Waals surface area contributed by atoms with Crippen LogP contribution in [0, 0.1) is 0 Å². The molecular weight excluding hydrogens is 212 g/mol. The van der Waals surface area contributed by atoms with Crippen molar-refractivity contribution in [2.75, 3.05) is 6.61 Å². The molecule has 2 rings (SSSR count). The molecule has 0 amide bonds. The lowest BCUT2D eigenvalue weighted by atomic mass is 10.2. The summed E-state index contributed by atoms with van der Waals surface area (Å²) in [7, 11) is -1.36. The Morgan fingerprint density at radius 2 is 2.06 bits per heavy atom. The van der Waals surface area contributed by atoms with Crippen molar-refractivity contribution in [3.63, 3.8) is 0 Å². The molecule has 1 aromatic carbocycles. The van der Waals surface area contributed by atoms with Gasteiger partial charge in [-0.05, 0) is 25.0 Å². The third kappa shape index (κ3) is 2.71. The van der Waals surface area contributed by atoms with Crippen LogP contribution < -0.4 is 5.19 Å². The van der Waals surface area contributed by atoms with Crippen LogP contribution in [-0.4, -0.2) is 15.6 Å². The van der Waals surface area contributed by atoms with Crippen molar-refractivity contribution in [1.82, 2.24) is 0 Å². The average Bonchev–Trinajstić information content (AvgIpc) is 2.38. The Morgan fingerprint density at radius 3 is 2.69 bits per heavy atom. The molecule has 0 saturated carbocycles. The van der Waals surface area contributed by atoms with Gasteiger partial charge in [0.15, 0.2) is 0 Å². The van der Waals surface area contributed by atoms with E-state index in [-0.39, 0.29) is 0 Å². The van der Waals surface area contributed by atoms with Gasteiger partial charge in [-0.25, -0.2) is 0 Å². The molecule has 0 aliphatic heterocycles. The molecule has 0 spiro atoms. The lowest BCUT2D eigenvalue weighted by Crippen LogP contribution is -2.36. The number of hydrogen-bond acceptors (Lipinski definition) is 1. The van der Waals surface area contributed by atoms with E-state index >= 15 is 0 Å². The van der Waals surface area contributed by atoms with Gasteiger partial charge in [0.1, 0.15) is 0 Å². The van der Waals surface area contributed by atoms with Gasteiger partial charge >= 0.3 is 0 Å². The highest BCUT2D eigenvalue weighted by atomic mass is 28.3. The minimum absolute atomic E-state index is 0.812. The topological polar surface area (TPSA) is 9.23 Å². The van der Waals surface area contributed by atoms with E-state index in [4.69, 9.17) is 4.43 Å². The van der Waals surface area contributed by atoms with Gasteiger partial charge in [-0.1, -0.05) is 53.8 Å². The molecule has 84 valence electrons. The van der Waals surface area contributed by atoms with E-state index in [1.54, 1.807) is 0 Å². The molecule has 0 aromatic heterocycles. The Morgan fingerprint density at radius 1 is 1.25 bits per heavy atom. The molecule has 0 heterocycles. The van der Waals surface area contributed by atoms with Crippen LogP contribution in [0.5, 0.6) is 0 Å². The quantitative estimate of drug-likeness (QED) is 0.722. The van der Waals surface area contributed by atoms with Gasteiger partial charge in [0.2, 0.25) is 9.04 Å². The molecule has 1 aliphatic carbocycles. The molecule has 16 heavy (non-hydrogen) atoms. The first-order valence-electron chi connectivity index (χ1n) is 5.94. The number of allylic oxidation sites excluding steroid dienone is 4. The maximum absolute atomic E-state index is 6.00. The van der Waals surface area contributed by atoms with Crippen LogP contribution in [-0.2, 0) is 4.43 Å². The van der Waals surface area contributed by atoms with E-state index in [9.17, 15) is 0 Å². The second-order valence-corrected chi connectivity index (χ2v) is 6.46. The molecular formula is C14H18OSi. The Kier molecular flexibility index (Phi) is 4.14. The molecule has 1 atom stereocenters. The molecule has 0 fully saturated rings. The van der Waals surface area contributed by atoms with Gasteiger partial charge in [-0.3, -0.25) is 0 Å². The van der Waals surface area contributed by atoms with E-state index < -0.39 is 9.04 Å². The second-order valence-electron chi connectivity index (χ2n) is 3.95. The Balaban J connectivity index is 2.23. The Hall–Kier alpha value is -1.12. The van der Waals surface area contributed by atoms with Crippen LogP contribution in [0.3, 0.4) is 0 Å². The van der Waals surface area contributed by atoms with Gasteiger partial charge in [-0.15, -0.1) is 0 Å². The SMILES string of the molecule is CCO[SiH](C1=CC=CCC1)c1ccccc1. The summed E-state index contributed by atoms with van der Waals surface area (Å²) in [6.45, 7) is 2.90. The normalized spacial score (nSPS) is 16.9. The zero-order valence-electron chi connectivity index (χ0n) is 9.73. The summed E-state index contributed by atoms with van der Waals surface area (Å²) in [5.41, 5.74) is 0. The van der Waals surface area contributed by atoms with E-state index in [0.717, 1.165) is 13.0 Å². The molecule has 1 nitrogen and oxygen atoms in total.